The van der Waals surface area contributed by atoms with Crippen LogP contribution in [-0.4, -0.2) is 32.1 Å². The van der Waals surface area contributed by atoms with Gasteiger partial charge >= 0.3 is 6.03 Å². The van der Waals surface area contributed by atoms with E-state index in [9.17, 15) is 14.4 Å². The molecule has 1 fully saturated rings. The van der Waals surface area contributed by atoms with Crippen LogP contribution in [0.15, 0.2) is 40.4 Å². The number of hydrogen-bond donors (Lipinski definition) is 1. The summed E-state index contributed by atoms with van der Waals surface area (Å²) in [6.45, 7) is 3.60. The molecule has 7 nitrogen and oxygen atoms in total. The van der Waals surface area contributed by atoms with Gasteiger partial charge in [-0.2, -0.15) is 0 Å². The third kappa shape index (κ3) is 3.88. The van der Waals surface area contributed by atoms with E-state index in [2.05, 4.69) is 21.2 Å². The summed E-state index contributed by atoms with van der Waals surface area (Å²) in [5.41, 5.74) is 2.33. The summed E-state index contributed by atoms with van der Waals surface area (Å²) < 4.78 is 11.4. The number of urea groups is 1. The number of hydrogen-bond acceptors (Lipinski definition) is 5. The van der Waals surface area contributed by atoms with Crippen molar-refractivity contribution in [3.05, 3.63) is 57.1 Å². The number of barbiturate groups is 1. The molecule has 3 rings (SSSR count). The molecule has 150 valence electrons. The van der Waals surface area contributed by atoms with E-state index < -0.39 is 17.8 Å². The Hall–Kier alpha value is -3.13. The summed E-state index contributed by atoms with van der Waals surface area (Å²) in [5.74, 6) is -0.447. The van der Waals surface area contributed by atoms with Crippen LogP contribution in [0.4, 0.5) is 10.5 Å². The Balaban J connectivity index is 2.08. The normalized spacial score (nSPS) is 15.6. The molecule has 2 aromatic rings. The molecule has 1 saturated heterocycles. The number of benzene rings is 2. The Morgan fingerprint density at radius 3 is 2.24 bits per heavy atom. The molecule has 4 amide bonds. The van der Waals surface area contributed by atoms with E-state index in [1.807, 2.05) is 6.92 Å². The number of ether oxygens (including phenoxy) is 2. The first-order valence-electron chi connectivity index (χ1n) is 8.67. The lowest BCUT2D eigenvalue weighted by Crippen LogP contribution is -2.54. The number of nitrogens with zero attached hydrogens (tertiary/aromatic N) is 1. The van der Waals surface area contributed by atoms with Crippen molar-refractivity contribution in [1.82, 2.24) is 5.32 Å². The van der Waals surface area contributed by atoms with Gasteiger partial charge < -0.3 is 9.47 Å². The molecule has 1 heterocycles. The Morgan fingerprint density at radius 1 is 0.966 bits per heavy atom. The molecular weight excluding hydrogens is 440 g/mol. The zero-order valence-corrected chi connectivity index (χ0v) is 17.9. The summed E-state index contributed by atoms with van der Waals surface area (Å²) in [4.78, 5) is 38.9. The number of carbonyl (C=O) groups excluding carboxylic acids is 3. The number of amides is 4. The standard InChI is InChI=1S/C21H19BrN2O5/c1-11-8-17(28-3)18(29-4)10-13(11)9-15-19(25)23-21(27)24(20(15)26)16-6-5-14(22)7-12(16)2/h5-10H,1-4H3,(H,23,25,27). The van der Waals surface area contributed by atoms with Crippen molar-refractivity contribution in [2.75, 3.05) is 19.1 Å². The lowest BCUT2D eigenvalue weighted by Gasteiger charge is -2.27. The van der Waals surface area contributed by atoms with Crippen molar-refractivity contribution in [2.45, 2.75) is 13.8 Å². The summed E-state index contributed by atoms with van der Waals surface area (Å²) in [7, 11) is 3.02. The zero-order valence-electron chi connectivity index (χ0n) is 16.3. The van der Waals surface area contributed by atoms with Gasteiger partial charge in [0.15, 0.2) is 11.5 Å². The van der Waals surface area contributed by atoms with Gasteiger partial charge in [-0.05, 0) is 66.9 Å². The number of rotatable bonds is 4. The van der Waals surface area contributed by atoms with E-state index in [4.69, 9.17) is 9.47 Å². The second kappa shape index (κ2) is 8.08. The summed E-state index contributed by atoms with van der Waals surface area (Å²) in [6.07, 6.45) is 1.45. The molecule has 1 aliphatic heterocycles. The van der Waals surface area contributed by atoms with Crippen LogP contribution in [-0.2, 0) is 9.59 Å². The van der Waals surface area contributed by atoms with Crippen LogP contribution < -0.4 is 19.7 Å². The highest BCUT2D eigenvalue weighted by Crippen LogP contribution is 2.32. The molecule has 8 heteroatoms. The van der Waals surface area contributed by atoms with Gasteiger partial charge in [-0.1, -0.05) is 15.9 Å². The van der Waals surface area contributed by atoms with Crippen molar-refractivity contribution >= 4 is 45.5 Å². The van der Waals surface area contributed by atoms with Gasteiger partial charge in [0.05, 0.1) is 19.9 Å². The zero-order chi connectivity index (χ0) is 21.3. The lowest BCUT2D eigenvalue weighted by molar-refractivity contribution is -0.122. The molecule has 1 N–H and O–H groups in total. The maximum Gasteiger partial charge on any atom is 0.335 e. The first-order chi connectivity index (χ1) is 13.8. The van der Waals surface area contributed by atoms with Crippen LogP contribution in [0.2, 0.25) is 0 Å². The molecular formula is C21H19BrN2O5. The van der Waals surface area contributed by atoms with Crippen LogP contribution in [0.25, 0.3) is 6.08 Å². The second-order valence-corrected chi connectivity index (χ2v) is 7.37. The Labute approximate surface area is 176 Å². The molecule has 0 bridgehead atoms. The molecule has 0 unspecified atom stereocenters. The first-order valence-corrected chi connectivity index (χ1v) is 9.46. The van der Waals surface area contributed by atoms with E-state index in [1.54, 1.807) is 37.3 Å². The lowest BCUT2D eigenvalue weighted by atomic mass is 10.0. The quantitative estimate of drug-likeness (QED) is 0.556. The first kappa shape index (κ1) is 20.6. The second-order valence-electron chi connectivity index (χ2n) is 6.45. The highest BCUT2D eigenvalue weighted by atomic mass is 79.9. The van der Waals surface area contributed by atoms with Crippen LogP contribution in [0.3, 0.4) is 0 Å². The fraction of sp³-hybridized carbons (Fsp3) is 0.190. The van der Waals surface area contributed by atoms with Crippen molar-refractivity contribution in [3.63, 3.8) is 0 Å². The van der Waals surface area contributed by atoms with E-state index in [0.29, 0.717) is 28.3 Å². The fourth-order valence-electron chi connectivity index (χ4n) is 3.05. The molecule has 0 aromatic heterocycles. The van der Waals surface area contributed by atoms with Gasteiger partial charge in [0.1, 0.15) is 5.57 Å². The van der Waals surface area contributed by atoms with Gasteiger partial charge in [0.25, 0.3) is 11.8 Å². The number of carbonyl (C=O) groups is 3. The number of nitrogens with one attached hydrogen (secondary N) is 1. The SMILES string of the molecule is COc1cc(C)c(C=C2C(=O)NC(=O)N(c3ccc(Br)cc3C)C2=O)cc1OC. The van der Waals surface area contributed by atoms with Gasteiger partial charge in [0, 0.05) is 4.47 Å². The van der Waals surface area contributed by atoms with E-state index in [1.165, 1.54) is 20.3 Å². The van der Waals surface area contributed by atoms with E-state index in [-0.39, 0.29) is 5.57 Å². The summed E-state index contributed by atoms with van der Waals surface area (Å²) in [5, 5.41) is 2.23. The molecule has 0 atom stereocenters. The van der Waals surface area contributed by atoms with Crippen LogP contribution in [0.5, 0.6) is 11.5 Å². The average molecular weight is 459 g/mol. The minimum Gasteiger partial charge on any atom is -0.493 e. The molecule has 0 spiro atoms. The van der Waals surface area contributed by atoms with Gasteiger partial charge in [-0.15, -0.1) is 0 Å². The molecule has 0 saturated carbocycles. The van der Waals surface area contributed by atoms with Gasteiger partial charge in [0.2, 0.25) is 0 Å². The number of imide groups is 2. The molecule has 0 aliphatic carbocycles. The van der Waals surface area contributed by atoms with Crippen LogP contribution in [0.1, 0.15) is 16.7 Å². The van der Waals surface area contributed by atoms with Crippen molar-refractivity contribution in [3.8, 4) is 11.5 Å². The summed E-state index contributed by atoms with van der Waals surface area (Å²) >= 11 is 3.36. The number of halogens is 1. The minimum absolute atomic E-state index is 0.151. The highest BCUT2D eigenvalue weighted by molar-refractivity contribution is 9.10. The fourth-order valence-corrected chi connectivity index (χ4v) is 3.53. The predicted molar refractivity (Wildman–Crippen MR) is 112 cm³/mol. The smallest absolute Gasteiger partial charge is 0.335 e. The molecule has 0 radical (unpaired) electrons. The molecule has 2 aromatic carbocycles. The van der Waals surface area contributed by atoms with Crippen LogP contribution >= 0.6 is 15.9 Å². The van der Waals surface area contributed by atoms with Crippen molar-refractivity contribution < 1.29 is 23.9 Å². The Bertz CT molecular complexity index is 1060. The predicted octanol–water partition coefficient (Wildman–Crippen LogP) is 3.75. The van der Waals surface area contributed by atoms with Crippen molar-refractivity contribution in [1.29, 1.82) is 0 Å². The van der Waals surface area contributed by atoms with Crippen LogP contribution in [0, 0.1) is 13.8 Å². The Morgan fingerprint density at radius 2 is 1.62 bits per heavy atom. The summed E-state index contributed by atoms with van der Waals surface area (Å²) in [6, 6.07) is 7.79. The third-order valence-electron chi connectivity index (χ3n) is 4.57. The monoisotopic (exact) mass is 458 g/mol. The average Bonchev–Trinajstić information content (AvgIpc) is 2.67. The maximum atomic E-state index is 13.1. The Kier molecular flexibility index (Phi) is 5.74. The van der Waals surface area contributed by atoms with E-state index in [0.717, 1.165) is 14.9 Å². The van der Waals surface area contributed by atoms with Gasteiger partial charge in [-0.3, -0.25) is 14.9 Å². The molecule has 1 aliphatic rings. The number of aryl methyl sites for hydroxylation is 2. The van der Waals surface area contributed by atoms with Crippen molar-refractivity contribution in [2.24, 2.45) is 0 Å². The number of anilines is 1. The van der Waals surface area contributed by atoms with Gasteiger partial charge in [-0.25, -0.2) is 9.69 Å². The topological polar surface area (TPSA) is 84.9 Å². The largest absolute Gasteiger partial charge is 0.493 e. The minimum atomic E-state index is -0.786. The maximum absolute atomic E-state index is 13.1. The number of methoxy groups -OCH3 is 2. The third-order valence-corrected chi connectivity index (χ3v) is 5.07. The highest BCUT2D eigenvalue weighted by Gasteiger charge is 2.37. The molecule has 29 heavy (non-hydrogen) atoms. The van der Waals surface area contributed by atoms with E-state index >= 15 is 0 Å².